The Morgan fingerprint density at radius 3 is 0.765 bits per heavy atom. The van der Waals surface area contributed by atoms with Crippen LogP contribution in [0.2, 0.25) is 0 Å². The van der Waals surface area contributed by atoms with Crippen LogP contribution in [0.3, 0.4) is 0 Å². The first-order valence-electron chi connectivity index (χ1n) is 35.8. The van der Waals surface area contributed by atoms with E-state index in [0.29, 0.717) is 19.3 Å². The number of hydrogen-bond donors (Lipinski definition) is 0. The second-order valence-corrected chi connectivity index (χ2v) is 24.1. The van der Waals surface area contributed by atoms with E-state index in [1.165, 1.54) is 257 Å². The number of carbonyl (C=O) groups excluding carboxylic acids is 3. The number of esters is 3. The van der Waals surface area contributed by atoms with E-state index in [4.69, 9.17) is 14.2 Å². The van der Waals surface area contributed by atoms with Crippen molar-refractivity contribution < 1.29 is 28.6 Å². The minimum atomic E-state index is -0.778. The highest BCUT2D eigenvalue weighted by Crippen LogP contribution is 2.18. The fraction of sp³-hybridized carbons (Fsp3) is 0.827. The van der Waals surface area contributed by atoms with Gasteiger partial charge in [-0.1, -0.05) is 338 Å². The third-order valence-electron chi connectivity index (χ3n) is 16.0. The molecule has 0 aromatic heterocycles. The molecule has 0 aromatic rings. The molecular formula is C75H136O6. The van der Waals surface area contributed by atoms with Crippen LogP contribution in [0, 0.1) is 0 Å². The topological polar surface area (TPSA) is 78.9 Å². The summed E-state index contributed by atoms with van der Waals surface area (Å²) < 4.78 is 17.0. The van der Waals surface area contributed by atoms with Crippen LogP contribution >= 0.6 is 0 Å². The van der Waals surface area contributed by atoms with Gasteiger partial charge in [-0.3, -0.25) is 14.4 Å². The molecule has 0 saturated heterocycles. The molecule has 0 amide bonds. The standard InChI is InChI=1S/C75H136O6/c1-4-7-10-13-16-19-22-25-28-31-33-35-37-39-41-44-47-50-53-56-59-62-65-68-74(77)80-71-72(70-79-73(76)67-64-61-58-55-52-49-46-43-30-27-24-21-18-15-12-9-6-3)81-75(78)69-66-63-60-57-54-51-48-45-42-40-38-36-34-32-29-26-23-20-17-14-11-8-5-2/h7,10,16,19,25,27-28,30,33,35,72H,4-6,8-9,11-15,17-18,20-24,26,29,31-32,34,36-71H2,1-3H3/b10-7-,19-16-,28-25-,30-27-,35-33-. The molecule has 6 heteroatoms. The average molecular weight is 1130 g/mol. The van der Waals surface area contributed by atoms with Gasteiger partial charge in [0.1, 0.15) is 13.2 Å². The average Bonchev–Trinajstić information content (AvgIpc) is 3.47. The lowest BCUT2D eigenvalue weighted by Gasteiger charge is -2.18. The van der Waals surface area contributed by atoms with Crippen LogP contribution in [0.5, 0.6) is 0 Å². The van der Waals surface area contributed by atoms with Gasteiger partial charge in [-0.2, -0.15) is 0 Å². The summed E-state index contributed by atoms with van der Waals surface area (Å²) in [6.07, 6.45) is 89.6. The molecular weight excluding hydrogens is 997 g/mol. The van der Waals surface area contributed by atoms with Crippen molar-refractivity contribution in [2.45, 2.75) is 386 Å². The van der Waals surface area contributed by atoms with E-state index in [-0.39, 0.29) is 31.1 Å². The monoisotopic (exact) mass is 1130 g/mol. The Labute approximate surface area is 504 Å². The maximum Gasteiger partial charge on any atom is 0.306 e. The van der Waals surface area contributed by atoms with Crippen LogP contribution in [0.15, 0.2) is 60.8 Å². The third kappa shape index (κ3) is 67.8. The van der Waals surface area contributed by atoms with Gasteiger partial charge in [0.25, 0.3) is 0 Å². The van der Waals surface area contributed by atoms with E-state index in [1.807, 2.05) is 0 Å². The summed E-state index contributed by atoms with van der Waals surface area (Å²) in [6, 6.07) is 0. The molecule has 0 aliphatic heterocycles. The Morgan fingerprint density at radius 1 is 0.259 bits per heavy atom. The second-order valence-electron chi connectivity index (χ2n) is 24.1. The predicted molar refractivity (Wildman–Crippen MR) is 353 cm³/mol. The van der Waals surface area contributed by atoms with Crippen molar-refractivity contribution in [3.8, 4) is 0 Å². The van der Waals surface area contributed by atoms with E-state index in [2.05, 4.69) is 81.5 Å². The van der Waals surface area contributed by atoms with Gasteiger partial charge in [0.2, 0.25) is 0 Å². The second kappa shape index (κ2) is 69.6. The van der Waals surface area contributed by atoms with Gasteiger partial charge < -0.3 is 14.2 Å². The molecule has 0 spiro atoms. The van der Waals surface area contributed by atoms with Gasteiger partial charge in [-0.25, -0.2) is 0 Å². The summed E-state index contributed by atoms with van der Waals surface area (Å²) in [5.41, 5.74) is 0. The smallest absolute Gasteiger partial charge is 0.306 e. The molecule has 0 aliphatic rings. The number of allylic oxidation sites excluding steroid dienone is 10. The molecule has 0 radical (unpaired) electrons. The van der Waals surface area contributed by atoms with Crippen LogP contribution in [0.1, 0.15) is 380 Å². The molecule has 1 unspecified atom stereocenters. The van der Waals surface area contributed by atoms with E-state index in [9.17, 15) is 14.4 Å². The Kier molecular flexibility index (Phi) is 67.1. The first-order valence-corrected chi connectivity index (χ1v) is 35.8. The molecule has 472 valence electrons. The zero-order chi connectivity index (χ0) is 58.5. The number of rotatable bonds is 66. The summed E-state index contributed by atoms with van der Waals surface area (Å²) in [5.74, 6) is -0.855. The lowest BCUT2D eigenvalue weighted by Crippen LogP contribution is -2.30. The molecule has 0 saturated carbocycles. The summed E-state index contributed by atoms with van der Waals surface area (Å²) in [5, 5.41) is 0. The molecule has 6 nitrogen and oxygen atoms in total. The zero-order valence-corrected chi connectivity index (χ0v) is 54.3. The van der Waals surface area contributed by atoms with Gasteiger partial charge >= 0.3 is 17.9 Å². The van der Waals surface area contributed by atoms with Gasteiger partial charge in [0, 0.05) is 19.3 Å². The number of carbonyl (C=O) groups is 3. The molecule has 81 heavy (non-hydrogen) atoms. The van der Waals surface area contributed by atoms with E-state index >= 15 is 0 Å². The lowest BCUT2D eigenvalue weighted by atomic mass is 10.0. The maximum atomic E-state index is 13.0. The van der Waals surface area contributed by atoms with Crippen molar-refractivity contribution in [2.24, 2.45) is 0 Å². The quantitative estimate of drug-likeness (QED) is 0.0261. The largest absolute Gasteiger partial charge is 0.462 e. The SMILES string of the molecule is CC/C=C\C/C=C\C/C=C\C/C=C\CCCCCCCCCCCCC(=O)OCC(COC(=O)CCCCCCCCC/C=C\CCCCCCCC)OC(=O)CCCCCCCCCCCCCCCCCCCCCCCCC. The molecule has 0 aliphatic carbocycles. The minimum Gasteiger partial charge on any atom is -0.462 e. The molecule has 0 aromatic carbocycles. The van der Waals surface area contributed by atoms with Crippen LogP contribution in [0.25, 0.3) is 0 Å². The molecule has 0 rings (SSSR count). The molecule has 0 bridgehead atoms. The highest BCUT2D eigenvalue weighted by molar-refractivity contribution is 5.71. The Hall–Kier alpha value is -2.89. The van der Waals surface area contributed by atoms with Crippen molar-refractivity contribution in [1.82, 2.24) is 0 Å². The maximum absolute atomic E-state index is 13.0. The van der Waals surface area contributed by atoms with Crippen LogP contribution in [-0.2, 0) is 28.6 Å². The van der Waals surface area contributed by atoms with Crippen molar-refractivity contribution in [3.63, 3.8) is 0 Å². The molecule has 1 atom stereocenters. The fourth-order valence-electron chi connectivity index (χ4n) is 10.7. The first-order chi connectivity index (χ1) is 40.0. The van der Waals surface area contributed by atoms with Crippen LogP contribution < -0.4 is 0 Å². The Bertz CT molecular complexity index is 1440. The van der Waals surface area contributed by atoms with E-state index < -0.39 is 6.10 Å². The van der Waals surface area contributed by atoms with Gasteiger partial charge in [-0.15, -0.1) is 0 Å². The summed E-state index contributed by atoms with van der Waals surface area (Å²) >= 11 is 0. The Morgan fingerprint density at radius 2 is 0.481 bits per heavy atom. The Balaban J connectivity index is 4.32. The van der Waals surface area contributed by atoms with Crippen molar-refractivity contribution >= 4 is 17.9 Å². The zero-order valence-electron chi connectivity index (χ0n) is 54.3. The summed E-state index contributed by atoms with van der Waals surface area (Å²) in [6.45, 7) is 6.59. The first kappa shape index (κ1) is 78.1. The highest BCUT2D eigenvalue weighted by Gasteiger charge is 2.19. The van der Waals surface area contributed by atoms with E-state index in [1.54, 1.807) is 0 Å². The molecule has 0 N–H and O–H groups in total. The fourth-order valence-corrected chi connectivity index (χ4v) is 10.7. The molecule has 0 fully saturated rings. The number of ether oxygens (including phenoxy) is 3. The van der Waals surface area contributed by atoms with Crippen molar-refractivity contribution in [2.75, 3.05) is 13.2 Å². The van der Waals surface area contributed by atoms with Gasteiger partial charge in [-0.05, 0) is 83.5 Å². The minimum absolute atomic E-state index is 0.0735. The summed E-state index contributed by atoms with van der Waals surface area (Å²) in [7, 11) is 0. The van der Waals surface area contributed by atoms with Crippen LogP contribution in [0.4, 0.5) is 0 Å². The van der Waals surface area contributed by atoms with Crippen molar-refractivity contribution in [3.05, 3.63) is 60.8 Å². The van der Waals surface area contributed by atoms with E-state index in [0.717, 1.165) is 83.5 Å². The number of hydrogen-bond acceptors (Lipinski definition) is 6. The molecule has 0 heterocycles. The highest BCUT2D eigenvalue weighted by atomic mass is 16.6. The third-order valence-corrected chi connectivity index (χ3v) is 16.0. The normalized spacial score (nSPS) is 12.4. The lowest BCUT2D eigenvalue weighted by molar-refractivity contribution is -0.167. The van der Waals surface area contributed by atoms with Gasteiger partial charge in [0.05, 0.1) is 0 Å². The van der Waals surface area contributed by atoms with Crippen molar-refractivity contribution in [1.29, 1.82) is 0 Å². The predicted octanol–water partition coefficient (Wildman–Crippen LogP) is 24.7. The summed E-state index contributed by atoms with van der Waals surface area (Å²) in [4.78, 5) is 38.5. The van der Waals surface area contributed by atoms with Gasteiger partial charge in [0.15, 0.2) is 6.10 Å². The number of unbranched alkanes of at least 4 members (excludes halogenated alkanes) is 45. The van der Waals surface area contributed by atoms with Crippen LogP contribution in [-0.4, -0.2) is 37.2 Å².